The van der Waals surface area contributed by atoms with E-state index in [1.54, 1.807) is 0 Å². The van der Waals surface area contributed by atoms with Crippen LogP contribution in [-0.2, 0) is 16.2 Å². The normalized spacial score (nSPS) is 12.1. The summed E-state index contributed by atoms with van der Waals surface area (Å²) < 4.78 is 85.0. The van der Waals surface area contributed by atoms with Crippen LogP contribution in [-0.4, -0.2) is 29.3 Å². The van der Waals surface area contributed by atoms with E-state index in [-0.39, 0.29) is 38.8 Å². The van der Waals surface area contributed by atoms with Crippen LogP contribution < -0.4 is 16.2 Å². The maximum atomic E-state index is 15.0. The van der Waals surface area contributed by atoms with Gasteiger partial charge in [0.05, 0.1) is 16.0 Å². The number of hydrogen-bond acceptors (Lipinski definition) is 7. The van der Waals surface area contributed by atoms with Crippen molar-refractivity contribution in [3.05, 3.63) is 83.9 Å². The summed E-state index contributed by atoms with van der Waals surface area (Å²) in [5, 5.41) is 15.0. The summed E-state index contributed by atoms with van der Waals surface area (Å²) in [6.07, 6.45) is -4.87. The van der Waals surface area contributed by atoms with Gasteiger partial charge in [-0.05, 0) is 42.5 Å². The van der Waals surface area contributed by atoms with Crippen molar-refractivity contribution >= 4 is 38.4 Å². The summed E-state index contributed by atoms with van der Waals surface area (Å²) in [5.74, 6) is -1.96. The number of anilines is 2. The second-order valence-electron chi connectivity index (χ2n) is 8.26. The van der Waals surface area contributed by atoms with Crippen LogP contribution in [0.4, 0.5) is 29.1 Å². The molecule has 0 saturated carbocycles. The molecule has 10 nitrogen and oxygen atoms in total. The summed E-state index contributed by atoms with van der Waals surface area (Å²) in [7, 11) is -4.17. The first-order valence-corrected chi connectivity index (χ1v) is 12.4. The average Bonchev–Trinajstić information content (AvgIpc) is 3.48. The van der Waals surface area contributed by atoms with Crippen LogP contribution in [0, 0.1) is 5.82 Å². The minimum absolute atomic E-state index is 0.00771. The SMILES string of the molecule is Nc1noc2ccc(-n3nc(C(F)(F)F)cc3C(=O)Nc3ccc(-c4ccccc4S(N)(=O)=O)c(F)c3)cc12. The summed E-state index contributed by atoms with van der Waals surface area (Å²) >= 11 is 0. The second-order valence-corrected chi connectivity index (χ2v) is 9.79. The van der Waals surface area contributed by atoms with E-state index in [1.807, 2.05) is 0 Å². The maximum absolute atomic E-state index is 15.0. The number of halogens is 4. The van der Waals surface area contributed by atoms with Crippen molar-refractivity contribution in [2.75, 3.05) is 11.1 Å². The Balaban J connectivity index is 1.51. The first-order chi connectivity index (χ1) is 18.3. The van der Waals surface area contributed by atoms with E-state index in [1.165, 1.54) is 54.6 Å². The molecule has 0 bridgehead atoms. The zero-order chi connectivity index (χ0) is 28.1. The Labute approximate surface area is 216 Å². The number of aromatic nitrogens is 3. The van der Waals surface area contributed by atoms with Gasteiger partial charge in [-0.25, -0.2) is 22.6 Å². The van der Waals surface area contributed by atoms with E-state index in [9.17, 15) is 26.4 Å². The van der Waals surface area contributed by atoms with Gasteiger partial charge in [0, 0.05) is 22.9 Å². The number of fused-ring (bicyclic) bond motifs is 1. The Kier molecular flexibility index (Phi) is 6.11. The molecule has 0 unspecified atom stereocenters. The van der Waals surface area contributed by atoms with Crippen molar-refractivity contribution in [2.24, 2.45) is 5.14 Å². The highest BCUT2D eigenvalue weighted by atomic mass is 32.2. The molecule has 15 heteroatoms. The van der Waals surface area contributed by atoms with E-state index in [4.69, 9.17) is 15.4 Å². The third-order valence-corrected chi connectivity index (χ3v) is 6.64. The molecule has 1 amide bonds. The molecular formula is C24H16F4N6O4S. The van der Waals surface area contributed by atoms with Crippen LogP contribution in [0.2, 0.25) is 0 Å². The Morgan fingerprint density at radius 1 is 1.00 bits per heavy atom. The zero-order valence-electron chi connectivity index (χ0n) is 19.4. The predicted molar refractivity (Wildman–Crippen MR) is 132 cm³/mol. The number of nitrogen functional groups attached to an aromatic ring is 1. The number of carbonyl (C=O) groups is 1. The molecule has 0 aliphatic rings. The molecule has 0 aliphatic carbocycles. The van der Waals surface area contributed by atoms with Crippen molar-refractivity contribution in [1.82, 2.24) is 14.9 Å². The topological polar surface area (TPSA) is 159 Å². The monoisotopic (exact) mass is 560 g/mol. The number of rotatable bonds is 5. The standard InChI is InChI=1S/C24H16F4N6O4S/c25-17-9-12(5-7-14(17)15-3-1-2-4-20(15)39(30,36)37)31-23(35)18-11-21(24(26,27)28)32-34(18)13-6-8-19-16(10-13)22(29)33-38-19/h1-11H,(H2,29,33)(H,31,35)(H2,30,36,37). The van der Waals surface area contributed by atoms with Gasteiger partial charge in [0.25, 0.3) is 5.91 Å². The average molecular weight is 560 g/mol. The Morgan fingerprint density at radius 2 is 1.74 bits per heavy atom. The Bertz CT molecular complexity index is 1860. The van der Waals surface area contributed by atoms with Gasteiger partial charge in [0.1, 0.15) is 11.5 Å². The number of nitrogens with one attached hydrogen (secondary N) is 1. The van der Waals surface area contributed by atoms with Crippen molar-refractivity contribution < 1.29 is 35.3 Å². The largest absolute Gasteiger partial charge is 0.435 e. The lowest BCUT2D eigenvalue weighted by atomic mass is 10.0. The van der Waals surface area contributed by atoms with Crippen LogP contribution >= 0.6 is 0 Å². The van der Waals surface area contributed by atoms with E-state index in [0.29, 0.717) is 11.5 Å². The highest BCUT2D eigenvalue weighted by molar-refractivity contribution is 7.89. The molecule has 0 aliphatic heterocycles. The molecular weight excluding hydrogens is 544 g/mol. The molecule has 5 aromatic rings. The number of hydrogen-bond donors (Lipinski definition) is 3. The predicted octanol–water partition coefficient (Wildman–Crippen LogP) is 4.32. The molecule has 2 heterocycles. The molecule has 0 spiro atoms. The molecule has 0 saturated heterocycles. The van der Waals surface area contributed by atoms with Gasteiger partial charge in [-0.15, -0.1) is 0 Å². The summed E-state index contributed by atoms with van der Waals surface area (Å²) in [6.45, 7) is 0. The van der Waals surface area contributed by atoms with Crippen molar-refractivity contribution in [2.45, 2.75) is 11.1 Å². The molecule has 5 rings (SSSR count). The molecule has 200 valence electrons. The molecule has 0 radical (unpaired) electrons. The smallest absolute Gasteiger partial charge is 0.380 e. The minimum Gasteiger partial charge on any atom is -0.380 e. The van der Waals surface area contributed by atoms with E-state index in [0.717, 1.165) is 10.7 Å². The number of benzene rings is 3. The van der Waals surface area contributed by atoms with Gasteiger partial charge in [-0.3, -0.25) is 4.79 Å². The van der Waals surface area contributed by atoms with Crippen LogP contribution in [0.5, 0.6) is 0 Å². The van der Waals surface area contributed by atoms with Crippen LogP contribution in [0.1, 0.15) is 16.2 Å². The molecule has 0 fully saturated rings. The second kappa shape index (κ2) is 9.21. The number of carbonyl (C=O) groups excluding carboxylic acids is 1. The summed E-state index contributed by atoms with van der Waals surface area (Å²) in [4.78, 5) is 12.8. The van der Waals surface area contributed by atoms with Crippen LogP contribution in [0.3, 0.4) is 0 Å². The Morgan fingerprint density at radius 3 is 2.44 bits per heavy atom. The van der Waals surface area contributed by atoms with E-state index >= 15 is 4.39 Å². The number of primary sulfonamides is 1. The Hall–Kier alpha value is -4.76. The third kappa shape index (κ3) is 4.92. The minimum atomic E-state index is -4.87. The van der Waals surface area contributed by atoms with Crippen LogP contribution in [0.15, 0.2) is 76.1 Å². The molecule has 5 N–H and O–H groups in total. The molecule has 0 atom stereocenters. The fourth-order valence-corrected chi connectivity index (χ4v) is 4.65. The van der Waals surface area contributed by atoms with Crippen molar-refractivity contribution in [3.8, 4) is 16.8 Å². The number of alkyl halides is 3. The molecule has 39 heavy (non-hydrogen) atoms. The van der Waals surface area contributed by atoms with Gasteiger partial charge >= 0.3 is 6.18 Å². The first kappa shape index (κ1) is 25.9. The van der Waals surface area contributed by atoms with Gasteiger partial charge in [0.2, 0.25) is 10.0 Å². The van der Waals surface area contributed by atoms with Crippen molar-refractivity contribution in [3.63, 3.8) is 0 Å². The van der Waals surface area contributed by atoms with Crippen LogP contribution in [0.25, 0.3) is 27.8 Å². The lowest BCUT2D eigenvalue weighted by molar-refractivity contribution is -0.141. The van der Waals surface area contributed by atoms with E-state index < -0.39 is 39.3 Å². The van der Waals surface area contributed by atoms with E-state index in [2.05, 4.69) is 15.6 Å². The quantitative estimate of drug-likeness (QED) is 0.270. The summed E-state index contributed by atoms with van der Waals surface area (Å²) in [6, 6.07) is 13.5. The van der Waals surface area contributed by atoms with Gasteiger partial charge < -0.3 is 15.6 Å². The molecule has 3 aromatic carbocycles. The van der Waals surface area contributed by atoms with Gasteiger partial charge in [-0.1, -0.05) is 23.4 Å². The number of nitrogens with two attached hydrogens (primary N) is 2. The number of amides is 1. The fraction of sp³-hybridized carbons (Fsp3) is 0.0417. The number of nitrogens with zero attached hydrogens (tertiary/aromatic N) is 3. The third-order valence-electron chi connectivity index (χ3n) is 5.67. The highest BCUT2D eigenvalue weighted by Gasteiger charge is 2.36. The van der Waals surface area contributed by atoms with Crippen molar-refractivity contribution in [1.29, 1.82) is 0 Å². The lowest BCUT2D eigenvalue weighted by Crippen LogP contribution is -2.17. The number of sulfonamides is 1. The first-order valence-electron chi connectivity index (χ1n) is 10.9. The van der Waals surface area contributed by atoms with Gasteiger partial charge in [0.15, 0.2) is 17.1 Å². The summed E-state index contributed by atoms with van der Waals surface area (Å²) in [5.41, 5.74) is 3.95. The highest BCUT2D eigenvalue weighted by Crippen LogP contribution is 2.33. The zero-order valence-corrected chi connectivity index (χ0v) is 20.2. The maximum Gasteiger partial charge on any atom is 0.435 e. The fourth-order valence-electron chi connectivity index (χ4n) is 3.90. The molecule has 2 aromatic heterocycles. The lowest BCUT2D eigenvalue weighted by Gasteiger charge is -2.12. The van der Waals surface area contributed by atoms with Gasteiger partial charge in [-0.2, -0.15) is 18.3 Å².